The van der Waals surface area contributed by atoms with Gasteiger partial charge in [0.05, 0.1) is 0 Å². The van der Waals surface area contributed by atoms with E-state index in [1.807, 2.05) is 30.3 Å². The summed E-state index contributed by atoms with van der Waals surface area (Å²) in [6.07, 6.45) is 0. The first-order valence-corrected chi connectivity index (χ1v) is 5.99. The van der Waals surface area contributed by atoms with Crippen LogP contribution in [0.4, 0.5) is 0 Å². The number of benzene rings is 2. The van der Waals surface area contributed by atoms with Gasteiger partial charge in [0.2, 0.25) is 0 Å². The minimum atomic E-state index is 0.359. The van der Waals surface area contributed by atoms with Crippen LogP contribution in [0.15, 0.2) is 53.9 Å². The summed E-state index contributed by atoms with van der Waals surface area (Å²) >= 11 is 1.66. The highest BCUT2D eigenvalue weighted by atomic mass is 32.1. The maximum atomic E-state index is 9.91. The molecule has 0 saturated heterocycles. The lowest BCUT2D eigenvalue weighted by Gasteiger charge is -2.01. The molecule has 0 aliphatic rings. The lowest BCUT2D eigenvalue weighted by Crippen LogP contribution is -1.74. The number of phenolic OH excluding ortho intramolecular Hbond substituents is 1. The molecule has 0 aliphatic carbocycles. The van der Waals surface area contributed by atoms with Gasteiger partial charge < -0.3 is 5.11 Å². The monoisotopic (exact) mass is 226 g/mol. The molecule has 0 atom stereocenters. The molecule has 0 unspecified atom stereocenters. The molecule has 1 N–H and O–H groups in total. The van der Waals surface area contributed by atoms with Crippen LogP contribution in [-0.2, 0) is 0 Å². The Balaban J connectivity index is 2.33. The van der Waals surface area contributed by atoms with Crippen LogP contribution in [-0.4, -0.2) is 5.11 Å². The maximum Gasteiger partial charge on any atom is 0.124 e. The Bertz CT molecular complexity index is 626. The molecular weight excluding hydrogens is 216 g/mol. The van der Waals surface area contributed by atoms with Gasteiger partial charge in [0, 0.05) is 15.6 Å². The number of hydrogen-bond acceptors (Lipinski definition) is 2. The van der Waals surface area contributed by atoms with Crippen molar-refractivity contribution in [1.82, 2.24) is 0 Å². The van der Waals surface area contributed by atoms with E-state index in [0.29, 0.717) is 5.75 Å². The van der Waals surface area contributed by atoms with Crippen LogP contribution in [0.5, 0.6) is 5.75 Å². The molecule has 0 spiro atoms. The van der Waals surface area contributed by atoms with Crippen LogP contribution >= 0.6 is 11.3 Å². The van der Waals surface area contributed by atoms with Crippen molar-refractivity contribution in [2.24, 2.45) is 0 Å². The first-order valence-electron chi connectivity index (χ1n) is 5.11. The third-order valence-corrected chi connectivity index (χ3v) is 3.61. The Kier molecular flexibility index (Phi) is 2.15. The summed E-state index contributed by atoms with van der Waals surface area (Å²) in [6, 6.07) is 15.8. The van der Waals surface area contributed by atoms with E-state index in [1.54, 1.807) is 17.4 Å². The molecule has 16 heavy (non-hydrogen) atoms. The van der Waals surface area contributed by atoms with Gasteiger partial charge in [-0.15, -0.1) is 11.3 Å². The molecule has 0 fully saturated rings. The average molecular weight is 226 g/mol. The second-order valence-electron chi connectivity index (χ2n) is 3.67. The fourth-order valence-corrected chi connectivity index (χ4v) is 2.89. The predicted molar refractivity (Wildman–Crippen MR) is 68.9 cm³/mol. The quantitative estimate of drug-likeness (QED) is 0.656. The van der Waals surface area contributed by atoms with Gasteiger partial charge in [-0.2, -0.15) is 0 Å². The normalized spacial score (nSPS) is 10.8. The third-order valence-electron chi connectivity index (χ3n) is 2.66. The zero-order chi connectivity index (χ0) is 11.0. The van der Waals surface area contributed by atoms with Gasteiger partial charge in [0.25, 0.3) is 0 Å². The van der Waals surface area contributed by atoms with Crippen LogP contribution in [0.25, 0.3) is 21.2 Å². The number of phenols is 1. The molecule has 0 bridgehead atoms. The van der Waals surface area contributed by atoms with Crippen LogP contribution in [0, 0.1) is 0 Å². The highest BCUT2D eigenvalue weighted by molar-refractivity contribution is 7.17. The molecule has 2 heteroatoms. The van der Waals surface area contributed by atoms with Crippen molar-refractivity contribution in [2.45, 2.75) is 0 Å². The first-order chi connectivity index (χ1) is 7.86. The molecular formula is C14H10OS. The van der Waals surface area contributed by atoms with Crippen LogP contribution < -0.4 is 0 Å². The summed E-state index contributed by atoms with van der Waals surface area (Å²) in [6.45, 7) is 0. The van der Waals surface area contributed by atoms with Crippen molar-refractivity contribution in [3.63, 3.8) is 0 Å². The molecule has 0 aliphatic heterocycles. The van der Waals surface area contributed by atoms with Gasteiger partial charge in [-0.05, 0) is 23.1 Å². The molecule has 0 radical (unpaired) electrons. The van der Waals surface area contributed by atoms with Crippen LogP contribution in [0.2, 0.25) is 0 Å². The minimum absolute atomic E-state index is 0.359. The Morgan fingerprint density at radius 2 is 1.69 bits per heavy atom. The number of aromatic hydroxyl groups is 1. The van der Waals surface area contributed by atoms with Crippen molar-refractivity contribution in [3.05, 3.63) is 53.9 Å². The largest absolute Gasteiger partial charge is 0.507 e. The predicted octanol–water partition coefficient (Wildman–Crippen LogP) is 4.27. The van der Waals surface area contributed by atoms with E-state index >= 15 is 0 Å². The highest BCUT2D eigenvalue weighted by Crippen LogP contribution is 2.38. The number of rotatable bonds is 1. The van der Waals surface area contributed by atoms with Gasteiger partial charge >= 0.3 is 0 Å². The highest BCUT2D eigenvalue weighted by Gasteiger charge is 2.09. The van der Waals surface area contributed by atoms with Gasteiger partial charge in [-0.3, -0.25) is 0 Å². The molecule has 1 nitrogen and oxygen atoms in total. The summed E-state index contributed by atoms with van der Waals surface area (Å²) in [5.74, 6) is 0.359. The molecule has 0 saturated carbocycles. The molecule has 1 aromatic heterocycles. The smallest absolute Gasteiger partial charge is 0.124 e. The Hall–Kier alpha value is -1.80. The van der Waals surface area contributed by atoms with E-state index in [-0.39, 0.29) is 0 Å². The van der Waals surface area contributed by atoms with Crippen LogP contribution in [0.3, 0.4) is 0 Å². The Morgan fingerprint density at radius 1 is 0.875 bits per heavy atom. The number of fused-ring (bicyclic) bond motifs is 1. The second-order valence-corrected chi connectivity index (χ2v) is 4.58. The fourth-order valence-electron chi connectivity index (χ4n) is 1.90. The third kappa shape index (κ3) is 1.39. The second kappa shape index (κ2) is 3.65. The minimum Gasteiger partial charge on any atom is -0.507 e. The van der Waals surface area contributed by atoms with Crippen LogP contribution in [0.1, 0.15) is 0 Å². The van der Waals surface area contributed by atoms with Gasteiger partial charge in [-0.25, -0.2) is 0 Å². The molecule has 2 aromatic carbocycles. The Labute approximate surface area is 97.6 Å². The first kappa shape index (κ1) is 9.43. The van der Waals surface area contributed by atoms with Crippen molar-refractivity contribution in [2.75, 3.05) is 0 Å². The topological polar surface area (TPSA) is 20.2 Å². The van der Waals surface area contributed by atoms with E-state index in [1.165, 1.54) is 0 Å². The summed E-state index contributed by atoms with van der Waals surface area (Å²) < 4.78 is 1.12. The number of thiophene rings is 1. The van der Waals surface area contributed by atoms with E-state index in [4.69, 9.17) is 0 Å². The fraction of sp³-hybridized carbons (Fsp3) is 0. The standard InChI is InChI=1S/C14H10OS/c15-12-7-4-8-13-14(12)11(9-16-13)10-5-2-1-3-6-10/h1-9,15H. The van der Waals surface area contributed by atoms with Gasteiger partial charge in [0.1, 0.15) is 5.75 Å². The molecule has 78 valence electrons. The molecule has 1 heterocycles. The molecule has 3 rings (SSSR count). The average Bonchev–Trinajstić information content (AvgIpc) is 2.75. The summed E-state index contributed by atoms with van der Waals surface area (Å²) in [5.41, 5.74) is 2.26. The van der Waals surface area contributed by atoms with Gasteiger partial charge in [-0.1, -0.05) is 36.4 Å². The number of hydrogen-bond donors (Lipinski definition) is 1. The van der Waals surface area contributed by atoms with E-state index in [9.17, 15) is 5.11 Å². The Morgan fingerprint density at radius 3 is 2.50 bits per heavy atom. The van der Waals surface area contributed by atoms with Gasteiger partial charge in [0.15, 0.2) is 0 Å². The summed E-state index contributed by atoms with van der Waals surface area (Å²) in [7, 11) is 0. The van der Waals surface area contributed by atoms with E-state index in [0.717, 1.165) is 21.2 Å². The van der Waals surface area contributed by atoms with Crippen molar-refractivity contribution < 1.29 is 5.11 Å². The summed E-state index contributed by atoms with van der Waals surface area (Å²) in [5, 5.41) is 13.0. The van der Waals surface area contributed by atoms with Crippen molar-refractivity contribution >= 4 is 21.4 Å². The van der Waals surface area contributed by atoms with Crippen molar-refractivity contribution in [3.8, 4) is 16.9 Å². The SMILES string of the molecule is Oc1cccc2scc(-c3ccccc3)c12. The lowest BCUT2D eigenvalue weighted by atomic mass is 10.0. The molecule has 3 aromatic rings. The maximum absolute atomic E-state index is 9.91. The van der Waals surface area contributed by atoms with E-state index < -0.39 is 0 Å². The zero-order valence-corrected chi connectivity index (χ0v) is 9.37. The van der Waals surface area contributed by atoms with Crippen molar-refractivity contribution in [1.29, 1.82) is 0 Å². The van der Waals surface area contributed by atoms with E-state index in [2.05, 4.69) is 17.5 Å². The zero-order valence-electron chi connectivity index (χ0n) is 8.55. The lowest BCUT2D eigenvalue weighted by molar-refractivity contribution is 0.482. The summed E-state index contributed by atoms with van der Waals surface area (Å²) in [4.78, 5) is 0. The molecule has 0 amide bonds.